The van der Waals surface area contributed by atoms with E-state index in [-0.39, 0.29) is 5.91 Å². The van der Waals surface area contributed by atoms with Crippen molar-refractivity contribution in [3.05, 3.63) is 58.7 Å². The van der Waals surface area contributed by atoms with Gasteiger partial charge in [0.05, 0.1) is 18.8 Å². The molecule has 1 fully saturated rings. The Labute approximate surface area is 160 Å². The third-order valence-electron chi connectivity index (χ3n) is 6.13. The second-order valence-corrected chi connectivity index (χ2v) is 7.84. The number of carbonyl (C=O) groups is 1. The van der Waals surface area contributed by atoms with E-state index < -0.39 is 0 Å². The van der Waals surface area contributed by atoms with Gasteiger partial charge in [0.15, 0.2) is 0 Å². The van der Waals surface area contributed by atoms with Gasteiger partial charge in [0.2, 0.25) is 0 Å². The average Bonchev–Trinajstić information content (AvgIpc) is 3.36. The standard InChI is InChI=1S/C23H25NO3/c25-23(21-19-9-13-26-20(19)15-18-8-12-27-22(18)21)24-10-6-17(7-11-24)14-16-4-2-1-3-5-16/h1-5,15,17H,6-14H2. The summed E-state index contributed by atoms with van der Waals surface area (Å²) in [6.45, 7) is 2.99. The summed E-state index contributed by atoms with van der Waals surface area (Å²) in [6.07, 6.45) is 4.91. The number of amides is 1. The lowest BCUT2D eigenvalue weighted by Crippen LogP contribution is -2.39. The Balaban J connectivity index is 1.32. The summed E-state index contributed by atoms with van der Waals surface area (Å²) >= 11 is 0. The van der Waals surface area contributed by atoms with E-state index in [1.54, 1.807) is 0 Å². The Morgan fingerprint density at radius 3 is 2.63 bits per heavy atom. The molecule has 3 heterocycles. The Hall–Kier alpha value is -2.49. The van der Waals surface area contributed by atoms with Crippen molar-refractivity contribution in [1.29, 1.82) is 0 Å². The smallest absolute Gasteiger partial charge is 0.258 e. The van der Waals surface area contributed by atoms with Gasteiger partial charge in [-0.2, -0.15) is 0 Å². The maximum Gasteiger partial charge on any atom is 0.258 e. The van der Waals surface area contributed by atoms with E-state index in [9.17, 15) is 4.79 Å². The van der Waals surface area contributed by atoms with Gasteiger partial charge in [-0.25, -0.2) is 0 Å². The van der Waals surface area contributed by atoms with E-state index >= 15 is 0 Å². The molecule has 1 amide bonds. The first-order valence-corrected chi connectivity index (χ1v) is 10.1. The van der Waals surface area contributed by atoms with Crippen molar-refractivity contribution < 1.29 is 14.3 Å². The van der Waals surface area contributed by atoms with Crippen LogP contribution in [0.2, 0.25) is 0 Å². The summed E-state index contributed by atoms with van der Waals surface area (Å²) in [7, 11) is 0. The van der Waals surface area contributed by atoms with Crippen LogP contribution in [0.4, 0.5) is 0 Å². The van der Waals surface area contributed by atoms with Crippen molar-refractivity contribution in [1.82, 2.24) is 4.90 Å². The number of piperidine rings is 1. The third-order valence-corrected chi connectivity index (χ3v) is 6.13. The molecule has 0 radical (unpaired) electrons. The van der Waals surface area contributed by atoms with Gasteiger partial charge in [-0.15, -0.1) is 0 Å². The Kier molecular flexibility index (Phi) is 4.27. The van der Waals surface area contributed by atoms with Crippen molar-refractivity contribution in [3.8, 4) is 11.5 Å². The first kappa shape index (κ1) is 16.7. The predicted octanol–water partition coefficient (Wildman–Crippen LogP) is 3.65. The molecule has 0 aliphatic carbocycles. The summed E-state index contributed by atoms with van der Waals surface area (Å²) < 4.78 is 11.6. The lowest BCUT2D eigenvalue weighted by atomic mass is 9.89. The Morgan fingerprint density at radius 2 is 1.81 bits per heavy atom. The second-order valence-electron chi connectivity index (χ2n) is 7.84. The molecule has 4 heteroatoms. The zero-order valence-electron chi connectivity index (χ0n) is 15.6. The molecule has 1 saturated heterocycles. The largest absolute Gasteiger partial charge is 0.493 e. The van der Waals surface area contributed by atoms with Gasteiger partial charge in [-0.3, -0.25) is 4.79 Å². The topological polar surface area (TPSA) is 38.8 Å². The lowest BCUT2D eigenvalue weighted by Gasteiger charge is -2.32. The minimum atomic E-state index is 0.133. The highest BCUT2D eigenvalue weighted by atomic mass is 16.5. The van der Waals surface area contributed by atoms with Crippen LogP contribution in [0.3, 0.4) is 0 Å². The number of rotatable bonds is 3. The van der Waals surface area contributed by atoms with E-state index in [1.165, 1.54) is 5.56 Å². The maximum absolute atomic E-state index is 13.4. The SMILES string of the molecule is O=C(c1c2c(cc3c1OCC3)OCC2)N1CCC(Cc2ccccc2)CC1. The van der Waals surface area contributed by atoms with Crippen molar-refractivity contribution >= 4 is 5.91 Å². The molecule has 0 bridgehead atoms. The van der Waals surface area contributed by atoms with Crippen LogP contribution < -0.4 is 9.47 Å². The quantitative estimate of drug-likeness (QED) is 0.836. The van der Waals surface area contributed by atoms with Crippen LogP contribution in [-0.2, 0) is 19.3 Å². The van der Waals surface area contributed by atoms with Crippen molar-refractivity contribution in [2.24, 2.45) is 5.92 Å². The fraction of sp³-hybridized carbons (Fsp3) is 0.435. The first-order valence-electron chi connectivity index (χ1n) is 10.1. The molecule has 4 nitrogen and oxygen atoms in total. The number of carbonyl (C=O) groups excluding carboxylic acids is 1. The highest BCUT2D eigenvalue weighted by Crippen LogP contribution is 2.41. The highest BCUT2D eigenvalue weighted by Gasteiger charge is 2.33. The van der Waals surface area contributed by atoms with Crippen LogP contribution in [-0.4, -0.2) is 37.1 Å². The zero-order chi connectivity index (χ0) is 18.2. The van der Waals surface area contributed by atoms with E-state index in [2.05, 4.69) is 36.4 Å². The average molecular weight is 363 g/mol. The maximum atomic E-state index is 13.4. The minimum Gasteiger partial charge on any atom is -0.493 e. The van der Waals surface area contributed by atoms with Crippen LogP contribution in [0.15, 0.2) is 36.4 Å². The molecule has 3 aliphatic heterocycles. The van der Waals surface area contributed by atoms with Crippen LogP contribution in [0.25, 0.3) is 0 Å². The molecule has 2 aromatic carbocycles. The lowest BCUT2D eigenvalue weighted by molar-refractivity contribution is 0.0686. The number of hydrogen-bond acceptors (Lipinski definition) is 3. The van der Waals surface area contributed by atoms with E-state index in [0.29, 0.717) is 19.1 Å². The number of benzene rings is 2. The number of fused-ring (bicyclic) bond motifs is 2. The summed E-state index contributed by atoms with van der Waals surface area (Å²) in [6, 6.07) is 12.7. The highest BCUT2D eigenvalue weighted by molar-refractivity contribution is 6.00. The third kappa shape index (κ3) is 3.07. The molecule has 5 rings (SSSR count). The molecule has 0 unspecified atom stereocenters. The number of likely N-dealkylation sites (tertiary alicyclic amines) is 1. The fourth-order valence-electron chi connectivity index (χ4n) is 4.66. The molecule has 0 spiro atoms. The first-order chi connectivity index (χ1) is 13.3. The van der Waals surface area contributed by atoms with E-state index in [4.69, 9.17) is 9.47 Å². The molecule has 0 N–H and O–H groups in total. The summed E-state index contributed by atoms with van der Waals surface area (Å²) in [4.78, 5) is 15.4. The molecule has 140 valence electrons. The molecule has 0 saturated carbocycles. The molecular formula is C23H25NO3. The van der Waals surface area contributed by atoms with E-state index in [1.807, 2.05) is 4.90 Å². The van der Waals surface area contributed by atoms with Gasteiger partial charge in [0, 0.05) is 37.1 Å². The summed E-state index contributed by atoms with van der Waals surface area (Å²) in [5.41, 5.74) is 4.34. The van der Waals surface area contributed by atoms with Gasteiger partial charge >= 0.3 is 0 Å². The van der Waals surface area contributed by atoms with E-state index in [0.717, 1.165) is 73.4 Å². The normalized spacial score (nSPS) is 18.6. The zero-order valence-corrected chi connectivity index (χ0v) is 15.6. The van der Waals surface area contributed by atoms with Crippen LogP contribution in [0, 0.1) is 5.92 Å². The number of nitrogens with zero attached hydrogens (tertiary/aromatic N) is 1. The van der Waals surface area contributed by atoms with Gasteiger partial charge < -0.3 is 14.4 Å². The van der Waals surface area contributed by atoms with Crippen molar-refractivity contribution in [2.75, 3.05) is 26.3 Å². The predicted molar refractivity (Wildman–Crippen MR) is 104 cm³/mol. The van der Waals surface area contributed by atoms with Crippen molar-refractivity contribution in [3.63, 3.8) is 0 Å². The molecule has 27 heavy (non-hydrogen) atoms. The van der Waals surface area contributed by atoms with Gasteiger partial charge in [0.1, 0.15) is 11.5 Å². The Bertz CT molecular complexity index is 821. The summed E-state index contributed by atoms with van der Waals surface area (Å²) in [5.74, 6) is 2.49. The second kappa shape index (κ2) is 6.91. The molecule has 2 aromatic rings. The number of hydrogen-bond donors (Lipinski definition) is 0. The molecule has 0 aromatic heterocycles. The Morgan fingerprint density at radius 1 is 1.04 bits per heavy atom. The van der Waals surface area contributed by atoms with Crippen LogP contribution in [0.1, 0.15) is 39.9 Å². The fourth-order valence-corrected chi connectivity index (χ4v) is 4.66. The van der Waals surface area contributed by atoms with Crippen LogP contribution >= 0.6 is 0 Å². The van der Waals surface area contributed by atoms with Gasteiger partial charge in [-0.05, 0) is 36.8 Å². The minimum absolute atomic E-state index is 0.133. The van der Waals surface area contributed by atoms with Gasteiger partial charge in [0.25, 0.3) is 5.91 Å². The van der Waals surface area contributed by atoms with Crippen molar-refractivity contribution in [2.45, 2.75) is 32.1 Å². The summed E-state index contributed by atoms with van der Waals surface area (Å²) in [5, 5.41) is 0. The molecular weight excluding hydrogens is 338 g/mol. The molecule has 0 atom stereocenters. The monoisotopic (exact) mass is 363 g/mol. The van der Waals surface area contributed by atoms with Crippen LogP contribution in [0.5, 0.6) is 11.5 Å². The number of ether oxygens (including phenoxy) is 2. The molecule has 3 aliphatic rings. The van der Waals surface area contributed by atoms with Gasteiger partial charge in [-0.1, -0.05) is 30.3 Å².